The molecule has 2 saturated heterocycles. The standard InChI is InChI=1S/C20H29N3O2/c1-15(24)22-11-9-16(10-12-22)7-8-20(25)23-13-18(19(21)14-23)17-5-3-2-4-6-17/h2-6,16,18-19H,7-14,21H2,1H3/t18-,19+/m0/s1. The second-order valence-corrected chi connectivity index (χ2v) is 7.47. The maximum Gasteiger partial charge on any atom is 0.222 e. The maximum absolute atomic E-state index is 12.6. The van der Waals surface area contributed by atoms with Crippen molar-refractivity contribution in [1.82, 2.24) is 9.80 Å². The third-order valence-corrected chi connectivity index (χ3v) is 5.77. The molecule has 0 aromatic heterocycles. The molecule has 2 aliphatic rings. The van der Waals surface area contributed by atoms with Crippen molar-refractivity contribution in [2.24, 2.45) is 11.7 Å². The molecule has 5 heteroatoms. The first-order valence-corrected chi connectivity index (χ1v) is 9.38. The van der Waals surface area contributed by atoms with Gasteiger partial charge in [-0.25, -0.2) is 0 Å². The summed E-state index contributed by atoms with van der Waals surface area (Å²) in [7, 11) is 0. The highest BCUT2D eigenvalue weighted by Crippen LogP contribution is 2.28. The van der Waals surface area contributed by atoms with E-state index in [0.29, 0.717) is 18.9 Å². The van der Waals surface area contributed by atoms with Crippen molar-refractivity contribution in [3.8, 4) is 0 Å². The zero-order valence-electron chi connectivity index (χ0n) is 15.1. The Morgan fingerprint density at radius 2 is 1.76 bits per heavy atom. The Morgan fingerprint density at radius 1 is 1.08 bits per heavy atom. The van der Waals surface area contributed by atoms with Gasteiger partial charge in [0.1, 0.15) is 0 Å². The van der Waals surface area contributed by atoms with Crippen LogP contribution in [0.3, 0.4) is 0 Å². The molecule has 2 aliphatic heterocycles. The van der Waals surface area contributed by atoms with Crippen molar-refractivity contribution in [3.63, 3.8) is 0 Å². The fourth-order valence-electron chi connectivity index (χ4n) is 4.11. The van der Waals surface area contributed by atoms with Crippen molar-refractivity contribution >= 4 is 11.8 Å². The number of amides is 2. The monoisotopic (exact) mass is 343 g/mol. The van der Waals surface area contributed by atoms with Gasteiger partial charge in [0, 0.05) is 51.5 Å². The van der Waals surface area contributed by atoms with E-state index < -0.39 is 0 Å². The highest BCUT2D eigenvalue weighted by Gasteiger charge is 2.33. The number of hydrogen-bond acceptors (Lipinski definition) is 3. The minimum atomic E-state index is 0.0187. The Labute approximate surface area is 150 Å². The number of carbonyl (C=O) groups is 2. The molecule has 1 aromatic carbocycles. The van der Waals surface area contributed by atoms with Crippen LogP contribution in [0.25, 0.3) is 0 Å². The van der Waals surface area contributed by atoms with Gasteiger partial charge < -0.3 is 15.5 Å². The summed E-state index contributed by atoms with van der Waals surface area (Å²) < 4.78 is 0. The summed E-state index contributed by atoms with van der Waals surface area (Å²) >= 11 is 0. The molecule has 2 amide bonds. The van der Waals surface area contributed by atoms with Gasteiger partial charge in [0.05, 0.1) is 0 Å². The normalized spacial score (nSPS) is 24.6. The van der Waals surface area contributed by atoms with E-state index in [1.165, 1.54) is 5.56 Å². The van der Waals surface area contributed by atoms with Crippen LogP contribution in [-0.4, -0.2) is 53.8 Å². The van der Waals surface area contributed by atoms with Crippen LogP contribution in [0.4, 0.5) is 0 Å². The van der Waals surface area contributed by atoms with Gasteiger partial charge >= 0.3 is 0 Å². The predicted octanol–water partition coefficient (Wildman–Crippen LogP) is 1.98. The first-order chi connectivity index (χ1) is 12.0. The van der Waals surface area contributed by atoms with Crippen LogP contribution in [0.1, 0.15) is 44.1 Å². The molecule has 0 aliphatic carbocycles. The molecule has 0 unspecified atom stereocenters. The highest BCUT2D eigenvalue weighted by atomic mass is 16.2. The molecule has 1 aromatic rings. The first kappa shape index (κ1) is 17.9. The van der Waals surface area contributed by atoms with E-state index >= 15 is 0 Å². The molecule has 0 bridgehead atoms. The minimum absolute atomic E-state index is 0.0187. The third kappa shape index (κ3) is 4.40. The molecule has 2 N–H and O–H groups in total. The number of piperidine rings is 1. The number of carbonyl (C=O) groups excluding carboxylic acids is 2. The summed E-state index contributed by atoms with van der Waals surface area (Å²) in [6.07, 6.45) is 3.54. The van der Waals surface area contributed by atoms with Crippen molar-refractivity contribution < 1.29 is 9.59 Å². The lowest BCUT2D eigenvalue weighted by atomic mass is 9.92. The van der Waals surface area contributed by atoms with E-state index in [-0.39, 0.29) is 23.8 Å². The molecule has 0 saturated carbocycles. The summed E-state index contributed by atoms with van der Waals surface area (Å²) in [4.78, 5) is 27.8. The van der Waals surface area contributed by atoms with Gasteiger partial charge in [-0.15, -0.1) is 0 Å². The van der Waals surface area contributed by atoms with Crippen LogP contribution in [0.2, 0.25) is 0 Å². The zero-order valence-corrected chi connectivity index (χ0v) is 15.1. The topological polar surface area (TPSA) is 66.6 Å². The van der Waals surface area contributed by atoms with Crippen molar-refractivity contribution in [1.29, 1.82) is 0 Å². The van der Waals surface area contributed by atoms with E-state index in [1.807, 2.05) is 28.0 Å². The summed E-state index contributed by atoms with van der Waals surface area (Å²) in [5.74, 6) is 1.18. The molecular weight excluding hydrogens is 314 g/mol. The lowest BCUT2D eigenvalue weighted by molar-refractivity contribution is -0.132. The smallest absolute Gasteiger partial charge is 0.222 e. The molecular formula is C20H29N3O2. The molecule has 2 fully saturated rings. The average Bonchev–Trinajstić information content (AvgIpc) is 3.02. The van der Waals surface area contributed by atoms with E-state index in [1.54, 1.807) is 6.92 Å². The Morgan fingerprint density at radius 3 is 2.40 bits per heavy atom. The Kier molecular flexibility index (Phi) is 5.74. The lowest BCUT2D eigenvalue weighted by Crippen LogP contribution is -2.37. The van der Waals surface area contributed by atoms with Crippen LogP contribution in [-0.2, 0) is 9.59 Å². The number of nitrogens with zero attached hydrogens (tertiary/aromatic N) is 2. The molecule has 2 heterocycles. The quantitative estimate of drug-likeness (QED) is 0.909. The number of nitrogens with two attached hydrogens (primary N) is 1. The number of likely N-dealkylation sites (tertiary alicyclic amines) is 2. The zero-order chi connectivity index (χ0) is 17.8. The van der Waals surface area contributed by atoms with Gasteiger partial charge in [0.25, 0.3) is 0 Å². The average molecular weight is 343 g/mol. The van der Waals surface area contributed by atoms with Crippen molar-refractivity contribution in [3.05, 3.63) is 35.9 Å². The van der Waals surface area contributed by atoms with E-state index in [2.05, 4.69) is 12.1 Å². The predicted molar refractivity (Wildman–Crippen MR) is 98.0 cm³/mol. The molecule has 0 spiro atoms. The number of rotatable bonds is 4. The van der Waals surface area contributed by atoms with Crippen LogP contribution in [0.5, 0.6) is 0 Å². The lowest BCUT2D eigenvalue weighted by Gasteiger charge is -2.31. The molecule has 5 nitrogen and oxygen atoms in total. The summed E-state index contributed by atoms with van der Waals surface area (Å²) in [5.41, 5.74) is 7.51. The summed E-state index contributed by atoms with van der Waals surface area (Å²) in [5, 5.41) is 0. The minimum Gasteiger partial charge on any atom is -0.343 e. The van der Waals surface area contributed by atoms with Gasteiger partial charge in [-0.2, -0.15) is 0 Å². The summed E-state index contributed by atoms with van der Waals surface area (Å²) in [6, 6.07) is 10.3. The molecule has 0 radical (unpaired) electrons. The van der Waals surface area contributed by atoms with Gasteiger partial charge in [-0.05, 0) is 30.7 Å². The van der Waals surface area contributed by atoms with Crippen molar-refractivity contribution in [2.75, 3.05) is 26.2 Å². The molecule has 25 heavy (non-hydrogen) atoms. The third-order valence-electron chi connectivity index (χ3n) is 5.77. The molecule has 2 atom stereocenters. The Hall–Kier alpha value is -1.88. The van der Waals surface area contributed by atoms with E-state index in [4.69, 9.17) is 5.73 Å². The van der Waals surface area contributed by atoms with Crippen LogP contribution >= 0.6 is 0 Å². The Balaban J connectivity index is 1.46. The highest BCUT2D eigenvalue weighted by molar-refractivity contribution is 5.77. The summed E-state index contributed by atoms with van der Waals surface area (Å²) in [6.45, 7) is 4.68. The van der Waals surface area contributed by atoms with Gasteiger partial charge in [-0.1, -0.05) is 30.3 Å². The van der Waals surface area contributed by atoms with E-state index in [9.17, 15) is 9.59 Å². The SMILES string of the molecule is CC(=O)N1CCC(CCC(=O)N2C[C@@H](N)[C@H](c3ccccc3)C2)CC1. The Bertz CT molecular complexity index is 596. The van der Waals surface area contributed by atoms with Crippen LogP contribution in [0, 0.1) is 5.92 Å². The van der Waals surface area contributed by atoms with E-state index in [0.717, 1.165) is 38.9 Å². The van der Waals surface area contributed by atoms with Crippen LogP contribution < -0.4 is 5.73 Å². The molecule has 136 valence electrons. The van der Waals surface area contributed by atoms with Crippen LogP contribution in [0.15, 0.2) is 30.3 Å². The number of benzene rings is 1. The maximum atomic E-state index is 12.6. The fraction of sp³-hybridized carbons (Fsp3) is 0.600. The second-order valence-electron chi connectivity index (χ2n) is 7.47. The fourth-order valence-corrected chi connectivity index (χ4v) is 4.11. The van der Waals surface area contributed by atoms with Gasteiger partial charge in [0.15, 0.2) is 0 Å². The number of hydrogen-bond donors (Lipinski definition) is 1. The van der Waals surface area contributed by atoms with Gasteiger partial charge in [-0.3, -0.25) is 9.59 Å². The van der Waals surface area contributed by atoms with Gasteiger partial charge in [0.2, 0.25) is 11.8 Å². The first-order valence-electron chi connectivity index (χ1n) is 9.38. The van der Waals surface area contributed by atoms with Crippen molar-refractivity contribution in [2.45, 2.75) is 44.6 Å². The largest absolute Gasteiger partial charge is 0.343 e. The second kappa shape index (κ2) is 8.00. The molecule has 3 rings (SSSR count).